The van der Waals surface area contributed by atoms with E-state index < -0.39 is 0 Å². The van der Waals surface area contributed by atoms with E-state index in [9.17, 15) is 0 Å². The van der Waals surface area contributed by atoms with Crippen LogP contribution in [0.3, 0.4) is 0 Å². The molecule has 0 N–H and O–H groups in total. The van der Waals surface area contributed by atoms with Crippen LogP contribution in [-0.4, -0.2) is 37.5 Å². The van der Waals surface area contributed by atoms with E-state index in [-0.39, 0.29) is 0 Å². The van der Waals surface area contributed by atoms with Gasteiger partial charge in [0.15, 0.2) is 0 Å². The molecule has 0 saturated heterocycles. The highest BCUT2D eigenvalue weighted by atomic mass is 32.2. The molecule has 0 aliphatic heterocycles. The Labute approximate surface area is 137 Å². The van der Waals surface area contributed by atoms with E-state index >= 15 is 0 Å². The summed E-state index contributed by atoms with van der Waals surface area (Å²) in [7, 11) is 4.26. The highest BCUT2D eigenvalue weighted by Gasteiger charge is 2.14. The molecule has 0 aliphatic carbocycles. The quantitative estimate of drug-likeness (QED) is 0.676. The average Bonchev–Trinajstić information content (AvgIpc) is 2.52. The van der Waals surface area contributed by atoms with Gasteiger partial charge >= 0.3 is 0 Å². The minimum absolute atomic E-state index is 0.419. The highest BCUT2D eigenvalue weighted by molar-refractivity contribution is 7.99. The maximum atomic E-state index is 2.27. The number of hydrogen-bond donors (Lipinski definition) is 0. The van der Waals surface area contributed by atoms with Gasteiger partial charge in [-0.2, -0.15) is 0 Å². The van der Waals surface area contributed by atoms with Crippen molar-refractivity contribution in [2.45, 2.75) is 10.1 Å². The molecule has 0 aliphatic rings. The first-order chi connectivity index (χ1) is 10.2. The van der Waals surface area contributed by atoms with Crippen molar-refractivity contribution in [2.75, 3.05) is 32.6 Å². The van der Waals surface area contributed by atoms with Gasteiger partial charge in [-0.15, -0.1) is 23.5 Å². The van der Waals surface area contributed by atoms with Crippen LogP contribution in [0.4, 0.5) is 0 Å². The Morgan fingerprint density at radius 2 is 1.52 bits per heavy atom. The number of thioether (sulfide) groups is 2. The van der Waals surface area contributed by atoms with Crippen molar-refractivity contribution in [3.05, 3.63) is 65.7 Å². The zero-order valence-corrected chi connectivity index (χ0v) is 14.6. The summed E-state index contributed by atoms with van der Waals surface area (Å²) in [5.74, 6) is 1.14. The molecule has 2 aromatic rings. The van der Waals surface area contributed by atoms with E-state index in [1.54, 1.807) is 11.8 Å². The fraction of sp³-hybridized carbons (Fsp3) is 0.333. The maximum Gasteiger partial charge on any atom is 0.0547 e. The molecule has 0 amide bonds. The molecule has 0 aromatic heterocycles. The maximum absolute atomic E-state index is 2.27. The summed E-state index contributed by atoms with van der Waals surface area (Å²) in [6.45, 7) is 1.11. The van der Waals surface area contributed by atoms with E-state index in [4.69, 9.17) is 0 Å². The number of nitrogens with zero attached hydrogens (tertiary/aromatic N) is 1. The average molecular weight is 318 g/mol. The molecule has 1 atom stereocenters. The first-order valence-electron chi connectivity index (χ1n) is 7.16. The Balaban J connectivity index is 2.18. The van der Waals surface area contributed by atoms with Crippen LogP contribution in [0.25, 0.3) is 0 Å². The van der Waals surface area contributed by atoms with Gasteiger partial charge < -0.3 is 4.90 Å². The highest BCUT2D eigenvalue weighted by Crippen LogP contribution is 2.36. The van der Waals surface area contributed by atoms with Crippen LogP contribution in [0.5, 0.6) is 0 Å². The zero-order chi connectivity index (χ0) is 15.1. The third-order valence-corrected chi connectivity index (χ3v) is 5.38. The lowest BCUT2D eigenvalue weighted by atomic mass is 10.0. The molecule has 2 aromatic carbocycles. The molecule has 0 radical (unpaired) electrons. The van der Waals surface area contributed by atoms with Crippen LogP contribution >= 0.6 is 23.5 Å². The predicted octanol–water partition coefficient (Wildman–Crippen LogP) is 4.79. The van der Waals surface area contributed by atoms with Crippen LogP contribution in [-0.2, 0) is 0 Å². The van der Waals surface area contributed by atoms with Crippen LogP contribution in [0.15, 0.2) is 59.5 Å². The standard InChI is InChI=1S/C18H23NS2/c1-19(2)13-14-21-18(15-7-5-4-6-8-15)16-9-11-17(20-3)12-10-16/h4-12,18H,13-14H2,1-3H3. The fourth-order valence-electron chi connectivity index (χ4n) is 2.14. The summed E-state index contributed by atoms with van der Waals surface area (Å²) in [4.78, 5) is 3.56. The van der Waals surface area contributed by atoms with Gasteiger partial charge in [0, 0.05) is 17.2 Å². The molecular weight excluding hydrogens is 294 g/mol. The van der Waals surface area contributed by atoms with Crippen molar-refractivity contribution < 1.29 is 0 Å². The van der Waals surface area contributed by atoms with Crippen molar-refractivity contribution in [1.29, 1.82) is 0 Å². The molecule has 3 heteroatoms. The largest absolute Gasteiger partial charge is 0.309 e. The van der Waals surface area contributed by atoms with Crippen LogP contribution in [0.2, 0.25) is 0 Å². The molecule has 1 unspecified atom stereocenters. The molecule has 0 saturated carbocycles. The van der Waals surface area contributed by atoms with Crippen LogP contribution in [0, 0.1) is 0 Å². The van der Waals surface area contributed by atoms with Gasteiger partial charge in [-0.05, 0) is 43.6 Å². The van der Waals surface area contributed by atoms with Crippen LogP contribution in [0.1, 0.15) is 16.4 Å². The molecule has 0 fully saturated rings. The van der Waals surface area contributed by atoms with Gasteiger partial charge in [0.05, 0.1) is 5.25 Å². The van der Waals surface area contributed by atoms with Gasteiger partial charge in [0.2, 0.25) is 0 Å². The van der Waals surface area contributed by atoms with Crippen LogP contribution < -0.4 is 0 Å². The fourth-order valence-corrected chi connectivity index (χ4v) is 3.96. The first-order valence-corrected chi connectivity index (χ1v) is 9.43. The molecule has 0 bridgehead atoms. The lowest BCUT2D eigenvalue weighted by Gasteiger charge is -2.19. The Morgan fingerprint density at radius 3 is 2.10 bits per heavy atom. The Kier molecular flexibility index (Phi) is 6.68. The monoisotopic (exact) mass is 317 g/mol. The number of hydrogen-bond acceptors (Lipinski definition) is 3. The third-order valence-electron chi connectivity index (χ3n) is 3.34. The first kappa shape index (κ1) is 16.5. The van der Waals surface area contributed by atoms with Gasteiger partial charge in [-0.25, -0.2) is 0 Å². The number of benzene rings is 2. The van der Waals surface area contributed by atoms with Crippen molar-refractivity contribution in [3.8, 4) is 0 Å². The molecule has 112 valence electrons. The molecule has 0 heterocycles. The molecule has 2 rings (SSSR count). The van der Waals surface area contributed by atoms with Gasteiger partial charge in [0.25, 0.3) is 0 Å². The number of rotatable bonds is 7. The molecule has 1 nitrogen and oxygen atoms in total. The Hall–Kier alpha value is -0.900. The lowest BCUT2D eigenvalue weighted by molar-refractivity contribution is 0.437. The summed E-state index contributed by atoms with van der Waals surface area (Å²) < 4.78 is 0. The normalized spacial score (nSPS) is 12.6. The second-order valence-electron chi connectivity index (χ2n) is 5.24. The molecule has 0 spiro atoms. The van der Waals surface area contributed by atoms with E-state index in [0.29, 0.717) is 5.25 Å². The topological polar surface area (TPSA) is 3.24 Å². The minimum atomic E-state index is 0.419. The smallest absolute Gasteiger partial charge is 0.0547 e. The van der Waals surface area contributed by atoms with Gasteiger partial charge in [0.1, 0.15) is 0 Å². The summed E-state index contributed by atoms with van der Waals surface area (Å²) in [5, 5.41) is 0.419. The minimum Gasteiger partial charge on any atom is -0.309 e. The van der Waals surface area contributed by atoms with E-state index in [1.165, 1.54) is 16.0 Å². The van der Waals surface area contributed by atoms with E-state index in [2.05, 4.69) is 79.8 Å². The second kappa shape index (κ2) is 8.52. The Bertz CT molecular complexity index is 523. The van der Waals surface area contributed by atoms with Crippen molar-refractivity contribution >= 4 is 23.5 Å². The SMILES string of the molecule is CSc1ccc(C(SCCN(C)C)c2ccccc2)cc1. The van der Waals surface area contributed by atoms with Crippen molar-refractivity contribution in [3.63, 3.8) is 0 Å². The van der Waals surface area contributed by atoms with Gasteiger partial charge in [-0.1, -0.05) is 42.5 Å². The zero-order valence-electron chi connectivity index (χ0n) is 13.0. The molecule has 21 heavy (non-hydrogen) atoms. The molecular formula is C18H23NS2. The van der Waals surface area contributed by atoms with E-state index in [1.807, 2.05) is 11.8 Å². The van der Waals surface area contributed by atoms with Gasteiger partial charge in [-0.3, -0.25) is 0 Å². The van der Waals surface area contributed by atoms with E-state index in [0.717, 1.165) is 12.3 Å². The van der Waals surface area contributed by atoms with Crippen molar-refractivity contribution in [2.24, 2.45) is 0 Å². The van der Waals surface area contributed by atoms with Crippen molar-refractivity contribution in [1.82, 2.24) is 4.90 Å². The summed E-state index contributed by atoms with van der Waals surface area (Å²) >= 11 is 3.81. The third kappa shape index (κ3) is 5.10. The predicted molar refractivity (Wildman–Crippen MR) is 97.5 cm³/mol. The lowest BCUT2D eigenvalue weighted by Crippen LogP contribution is -2.15. The summed E-state index contributed by atoms with van der Waals surface area (Å²) in [6, 6.07) is 19.8. The summed E-state index contributed by atoms with van der Waals surface area (Å²) in [6.07, 6.45) is 2.12. The second-order valence-corrected chi connectivity index (χ2v) is 7.33. The summed E-state index contributed by atoms with van der Waals surface area (Å²) in [5.41, 5.74) is 2.78. The Morgan fingerprint density at radius 1 is 0.905 bits per heavy atom.